The van der Waals surface area contributed by atoms with Gasteiger partial charge in [-0.05, 0) is 44.7 Å². The van der Waals surface area contributed by atoms with Crippen molar-refractivity contribution >= 4 is 17.0 Å². The van der Waals surface area contributed by atoms with Crippen molar-refractivity contribution in [2.75, 3.05) is 13.6 Å². The molecule has 1 heterocycles. The van der Waals surface area contributed by atoms with E-state index in [-0.39, 0.29) is 0 Å². The quantitative estimate of drug-likeness (QED) is 0.869. The summed E-state index contributed by atoms with van der Waals surface area (Å²) in [7, 11) is 1.96. The molecular weight excluding hydrogens is 208 g/mol. The van der Waals surface area contributed by atoms with Crippen molar-refractivity contribution in [3.05, 3.63) is 47.2 Å². The molecule has 0 unspecified atom stereocenters. The molecule has 2 rings (SSSR count). The topological polar surface area (TPSA) is 24.9 Å². The third-order valence-corrected chi connectivity index (χ3v) is 2.72. The molecule has 2 heteroatoms. The number of fused-ring (bicyclic) bond motifs is 1. The molecule has 1 N–H and O–H groups in total. The minimum absolute atomic E-state index is 0.921. The Morgan fingerprint density at radius 3 is 2.88 bits per heavy atom. The van der Waals surface area contributed by atoms with Gasteiger partial charge in [0.15, 0.2) is 0 Å². The Morgan fingerprint density at radius 2 is 2.12 bits per heavy atom. The number of nitrogens with zero attached hydrogens (tertiary/aromatic N) is 1. The van der Waals surface area contributed by atoms with Crippen LogP contribution in [0.4, 0.5) is 0 Å². The Hall–Kier alpha value is -1.67. The van der Waals surface area contributed by atoms with Crippen LogP contribution in [0.15, 0.2) is 35.9 Å². The van der Waals surface area contributed by atoms with Crippen LogP contribution in [0.3, 0.4) is 0 Å². The summed E-state index contributed by atoms with van der Waals surface area (Å²) >= 11 is 0. The van der Waals surface area contributed by atoms with Crippen molar-refractivity contribution in [2.45, 2.75) is 13.8 Å². The molecule has 2 nitrogen and oxygen atoms in total. The first kappa shape index (κ1) is 11.8. The van der Waals surface area contributed by atoms with Crippen LogP contribution in [-0.4, -0.2) is 18.6 Å². The Labute approximate surface area is 102 Å². The maximum Gasteiger partial charge on any atom is 0.0705 e. The van der Waals surface area contributed by atoms with Gasteiger partial charge in [-0.1, -0.05) is 23.8 Å². The van der Waals surface area contributed by atoms with Crippen molar-refractivity contribution in [2.24, 2.45) is 0 Å². The number of aromatic nitrogens is 1. The van der Waals surface area contributed by atoms with Gasteiger partial charge in [0.05, 0.1) is 5.52 Å². The first-order valence-electron chi connectivity index (χ1n) is 5.88. The van der Waals surface area contributed by atoms with Crippen molar-refractivity contribution in [3.8, 4) is 0 Å². The average molecular weight is 226 g/mol. The number of nitrogens with one attached hydrogen (secondary N) is 1. The molecule has 0 aliphatic carbocycles. The molecule has 0 spiro atoms. The number of pyridine rings is 1. The van der Waals surface area contributed by atoms with E-state index in [2.05, 4.69) is 53.6 Å². The molecule has 17 heavy (non-hydrogen) atoms. The van der Waals surface area contributed by atoms with E-state index in [1.165, 1.54) is 16.5 Å². The van der Waals surface area contributed by atoms with Gasteiger partial charge in [0.25, 0.3) is 0 Å². The standard InChI is InChI=1S/C15H18N2/c1-11(10-16-3)8-13-5-7-15-14(9-13)6-4-12(2)17-15/h4-9,16H,10H2,1-3H3/b11-8+. The molecule has 2 aromatic rings. The molecule has 0 fully saturated rings. The van der Waals surface area contributed by atoms with E-state index in [1.807, 2.05) is 14.0 Å². The molecular formula is C15H18N2. The van der Waals surface area contributed by atoms with Crippen LogP contribution in [0.2, 0.25) is 0 Å². The molecule has 0 aliphatic heterocycles. The van der Waals surface area contributed by atoms with Crippen molar-refractivity contribution < 1.29 is 0 Å². The fourth-order valence-electron chi connectivity index (χ4n) is 1.95. The summed E-state index contributed by atoms with van der Waals surface area (Å²) in [5.41, 5.74) is 4.68. The summed E-state index contributed by atoms with van der Waals surface area (Å²) in [6.07, 6.45) is 2.20. The second-order valence-electron chi connectivity index (χ2n) is 4.43. The van der Waals surface area contributed by atoms with E-state index in [4.69, 9.17) is 0 Å². The van der Waals surface area contributed by atoms with Crippen LogP contribution < -0.4 is 5.32 Å². The van der Waals surface area contributed by atoms with Gasteiger partial charge in [0.1, 0.15) is 0 Å². The first-order chi connectivity index (χ1) is 8.19. The summed E-state index contributed by atoms with van der Waals surface area (Å²) in [6.45, 7) is 5.07. The maximum atomic E-state index is 4.50. The van der Waals surface area contributed by atoms with Crippen molar-refractivity contribution in [3.63, 3.8) is 0 Å². The number of hydrogen-bond acceptors (Lipinski definition) is 2. The highest BCUT2D eigenvalue weighted by Crippen LogP contribution is 2.16. The Kier molecular flexibility index (Phi) is 3.55. The molecule has 0 atom stereocenters. The lowest BCUT2D eigenvalue weighted by molar-refractivity contribution is 0.884. The predicted molar refractivity (Wildman–Crippen MR) is 74.1 cm³/mol. The molecule has 1 aromatic heterocycles. The third kappa shape index (κ3) is 2.92. The van der Waals surface area contributed by atoms with Crippen LogP contribution in [0.5, 0.6) is 0 Å². The Bertz CT molecular complexity index is 556. The third-order valence-electron chi connectivity index (χ3n) is 2.72. The van der Waals surface area contributed by atoms with E-state index in [9.17, 15) is 0 Å². The molecule has 0 amide bonds. The number of hydrogen-bond donors (Lipinski definition) is 1. The first-order valence-corrected chi connectivity index (χ1v) is 5.88. The highest BCUT2D eigenvalue weighted by atomic mass is 14.8. The Balaban J connectivity index is 2.38. The zero-order valence-corrected chi connectivity index (χ0v) is 10.6. The number of likely N-dealkylation sites (N-methyl/N-ethyl adjacent to an activating group) is 1. The van der Waals surface area contributed by atoms with Gasteiger partial charge >= 0.3 is 0 Å². The van der Waals surface area contributed by atoms with Crippen LogP contribution >= 0.6 is 0 Å². The normalized spacial score (nSPS) is 12.1. The summed E-state index contributed by atoms with van der Waals surface area (Å²) in [4.78, 5) is 4.50. The van der Waals surface area contributed by atoms with Crippen molar-refractivity contribution in [1.82, 2.24) is 10.3 Å². The van der Waals surface area contributed by atoms with Gasteiger partial charge in [-0.3, -0.25) is 4.98 Å². The minimum Gasteiger partial charge on any atom is -0.316 e. The molecule has 0 aliphatic rings. The molecule has 0 saturated carbocycles. The van der Waals surface area contributed by atoms with Crippen LogP contribution in [0.1, 0.15) is 18.2 Å². The highest BCUT2D eigenvalue weighted by Gasteiger charge is 1.97. The van der Waals surface area contributed by atoms with E-state index in [0.29, 0.717) is 0 Å². The number of rotatable bonds is 3. The molecule has 1 aromatic carbocycles. The lowest BCUT2D eigenvalue weighted by atomic mass is 10.1. The lowest BCUT2D eigenvalue weighted by Gasteiger charge is -2.03. The zero-order chi connectivity index (χ0) is 12.3. The minimum atomic E-state index is 0.921. The van der Waals surface area contributed by atoms with Gasteiger partial charge in [-0.15, -0.1) is 0 Å². The second-order valence-corrected chi connectivity index (χ2v) is 4.43. The Morgan fingerprint density at radius 1 is 1.29 bits per heavy atom. The SMILES string of the molecule is CNC/C(C)=C/c1ccc2nc(C)ccc2c1. The molecule has 88 valence electrons. The summed E-state index contributed by atoms with van der Waals surface area (Å²) < 4.78 is 0. The largest absolute Gasteiger partial charge is 0.316 e. The summed E-state index contributed by atoms with van der Waals surface area (Å²) in [5, 5.41) is 4.35. The number of aryl methyl sites for hydroxylation is 1. The number of benzene rings is 1. The lowest BCUT2D eigenvalue weighted by Crippen LogP contribution is -2.08. The van der Waals surface area contributed by atoms with Gasteiger partial charge in [0.2, 0.25) is 0 Å². The van der Waals surface area contributed by atoms with Gasteiger partial charge in [0, 0.05) is 17.6 Å². The molecule has 0 saturated heterocycles. The summed E-state index contributed by atoms with van der Waals surface area (Å²) in [5.74, 6) is 0. The van der Waals surface area contributed by atoms with Crippen LogP contribution in [0, 0.1) is 6.92 Å². The van der Waals surface area contributed by atoms with Crippen LogP contribution in [0.25, 0.3) is 17.0 Å². The average Bonchev–Trinajstić information content (AvgIpc) is 2.29. The van der Waals surface area contributed by atoms with E-state index >= 15 is 0 Å². The van der Waals surface area contributed by atoms with E-state index < -0.39 is 0 Å². The monoisotopic (exact) mass is 226 g/mol. The fraction of sp³-hybridized carbons (Fsp3) is 0.267. The van der Waals surface area contributed by atoms with E-state index in [0.717, 1.165) is 17.8 Å². The van der Waals surface area contributed by atoms with Crippen LogP contribution in [-0.2, 0) is 0 Å². The van der Waals surface area contributed by atoms with Gasteiger partial charge in [-0.2, -0.15) is 0 Å². The van der Waals surface area contributed by atoms with Crippen molar-refractivity contribution in [1.29, 1.82) is 0 Å². The highest BCUT2D eigenvalue weighted by molar-refractivity contribution is 5.81. The zero-order valence-electron chi connectivity index (χ0n) is 10.6. The van der Waals surface area contributed by atoms with Gasteiger partial charge in [-0.25, -0.2) is 0 Å². The fourth-order valence-corrected chi connectivity index (χ4v) is 1.95. The molecule has 0 radical (unpaired) electrons. The van der Waals surface area contributed by atoms with Gasteiger partial charge < -0.3 is 5.32 Å². The summed E-state index contributed by atoms with van der Waals surface area (Å²) in [6, 6.07) is 10.6. The smallest absolute Gasteiger partial charge is 0.0705 e. The second kappa shape index (κ2) is 5.11. The predicted octanol–water partition coefficient (Wildman–Crippen LogP) is 3.17. The maximum absolute atomic E-state index is 4.50. The molecule has 0 bridgehead atoms. The van der Waals surface area contributed by atoms with E-state index in [1.54, 1.807) is 0 Å².